The topological polar surface area (TPSA) is 77.8 Å². The van der Waals surface area contributed by atoms with Gasteiger partial charge < -0.3 is 15.1 Å². The third-order valence-corrected chi connectivity index (χ3v) is 4.68. The quantitative estimate of drug-likeness (QED) is 0.818. The fourth-order valence-corrected chi connectivity index (χ4v) is 3.51. The molecule has 21 heavy (non-hydrogen) atoms. The van der Waals surface area contributed by atoms with E-state index < -0.39 is 11.6 Å². The van der Waals surface area contributed by atoms with Gasteiger partial charge in [0.15, 0.2) is 0 Å². The van der Waals surface area contributed by atoms with Crippen molar-refractivity contribution in [1.29, 1.82) is 0 Å². The van der Waals surface area contributed by atoms with E-state index in [0.717, 1.165) is 31.8 Å². The van der Waals surface area contributed by atoms with Gasteiger partial charge >= 0.3 is 5.97 Å². The Labute approximate surface area is 127 Å². The van der Waals surface area contributed by atoms with E-state index in [-0.39, 0.29) is 5.91 Å². The van der Waals surface area contributed by atoms with Crippen LogP contribution in [0.25, 0.3) is 6.08 Å². The maximum absolute atomic E-state index is 12.3. The minimum absolute atomic E-state index is 0.143. The molecule has 1 amide bonds. The van der Waals surface area contributed by atoms with Crippen LogP contribution in [0.3, 0.4) is 0 Å². The zero-order valence-electron chi connectivity index (χ0n) is 11.9. The van der Waals surface area contributed by atoms with Gasteiger partial charge in [-0.25, -0.2) is 4.79 Å². The van der Waals surface area contributed by atoms with E-state index in [1.807, 2.05) is 0 Å². The Balaban J connectivity index is 2.00. The van der Waals surface area contributed by atoms with Crippen molar-refractivity contribution in [2.75, 3.05) is 13.6 Å². The summed E-state index contributed by atoms with van der Waals surface area (Å²) in [4.78, 5) is 25.6. The van der Waals surface area contributed by atoms with Gasteiger partial charge in [-0.2, -0.15) is 0 Å². The van der Waals surface area contributed by atoms with E-state index in [4.69, 9.17) is 5.11 Å². The fourth-order valence-electron chi connectivity index (χ4n) is 2.60. The molecule has 0 saturated heterocycles. The lowest BCUT2D eigenvalue weighted by Gasteiger charge is -2.28. The average Bonchev–Trinajstić information content (AvgIpc) is 3.04. The van der Waals surface area contributed by atoms with Gasteiger partial charge in [-0.3, -0.25) is 4.79 Å². The molecule has 0 unspecified atom stereocenters. The summed E-state index contributed by atoms with van der Waals surface area (Å²) in [5, 5.41) is 18.9. The second-order valence-corrected chi connectivity index (χ2v) is 6.58. The third kappa shape index (κ3) is 4.15. The van der Waals surface area contributed by atoms with Crippen molar-refractivity contribution in [2.45, 2.75) is 31.3 Å². The van der Waals surface area contributed by atoms with Crippen LogP contribution >= 0.6 is 11.3 Å². The van der Waals surface area contributed by atoms with Gasteiger partial charge in [0.05, 0.1) is 10.5 Å². The predicted molar refractivity (Wildman–Crippen MR) is 81.4 cm³/mol. The summed E-state index contributed by atoms with van der Waals surface area (Å²) in [5.41, 5.74) is -0.756. The lowest BCUT2D eigenvalue weighted by atomic mass is 10.0. The lowest BCUT2D eigenvalue weighted by Crippen LogP contribution is -2.41. The van der Waals surface area contributed by atoms with Crippen molar-refractivity contribution in [3.05, 3.63) is 28.0 Å². The van der Waals surface area contributed by atoms with E-state index in [1.54, 1.807) is 24.1 Å². The molecule has 5 nitrogen and oxygen atoms in total. The minimum Gasteiger partial charge on any atom is -0.478 e. The van der Waals surface area contributed by atoms with E-state index in [0.29, 0.717) is 16.3 Å². The number of amides is 1. The van der Waals surface area contributed by atoms with Gasteiger partial charge in [0.1, 0.15) is 0 Å². The molecule has 2 rings (SSSR count). The lowest BCUT2D eigenvalue weighted by molar-refractivity contribution is -0.131. The van der Waals surface area contributed by atoms with E-state index in [2.05, 4.69) is 0 Å². The zero-order valence-corrected chi connectivity index (χ0v) is 12.7. The molecule has 2 N–H and O–H groups in total. The van der Waals surface area contributed by atoms with Crippen LogP contribution in [0.5, 0.6) is 0 Å². The second kappa shape index (κ2) is 6.41. The summed E-state index contributed by atoms with van der Waals surface area (Å²) in [6.07, 6.45) is 5.99. The molecule has 0 radical (unpaired) electrons. The summed E-state index contributed by atoms with van der Waals surface area (Å²) < 4.78 is 0. The Hall–Kier alpha value is -1.66. The summed E-state index contributed by atoms with van der Waals surface area (Å²) in [5.74, 6) is -1.16. The Morgan fingerprint density at radius 1 is 1.38 bits per heavy atom. The molecule has 0 bridgehead atoms. The standard InChI is InChI=1S/C15H19NO4S/c1-16(10-15(20)8-2-3-9-15)14(19)12-6-4-11(21-12)5-7-13(17)18/h4-7,20H,2-3,8-10H2,1H3,(H,17,18)/b7-5+. The minimum atomic E-state index is -1.02. The highest BCUT2D eigenvalue weighted by Gasteiger charge is 2.33. The van der Waals surface area contributed by atoms with Gasteiger partial charge in [0, 0.05) is 24.5 Å². The summed E-state index contributed by atoms with van der Waals surface area (Å²) in [6, 6.07) is 3.40. The molecule has 1 aromatic heterocycles. The Bertz CT molecular complexity index is 558. The van der Waals surface area contributed by atoms with Crippen molar-refractivity contribution in [2.24, 2.45) is 0 Å². The number of aliphatic carboxylic acids is 1. The van der Waals surface area contributed by atoms with Gasteiger partial charge in [-0.1, -0.05) is 12.8 Å². The number of carbonyl (C=O) groups is 2. The highest BCUT2D eigenvalue weighted by Crippen LogP contribution is 2.30. The number of aliphatic hydroxyl groups is 1. The van der Waals surface area contributed by atoms with Crippen LogP contribution in [0.1, 0.15) is 40.2 Å². The highest BCUT2D eigenvalue weighted by molar-refractivity contribution is 7.14. The van der Waals surface area contributed by atoms with E-state index in [1.165, 1.54) is 17.4 Å². The van der Waals surface area contributed by atoms with E-state index >= 15 is 0 Å². The molecule has 0 atom stereocenters. The number of likely N-dealkylation sites (N-methyl/N-ethyl adjacent to an activating group) is 1. The molecule has 0 aromatic carbocycles. The van der Waals surface area contributed by atoms with Crippen LogP contribution in [0.4, 0.5) is 0 Å². The molecular weight excluding hydrogens is 290 g/mol. The van der Waals surface area contributed by atoms with Crippen LogP contribution in [0.15, 0.2) is 18.2 Å². The summed E-state index contributed by atoms with van der Waals surface area (Å²) >= 11 is 1.25. The number of hydrogen-bond donors (Lipinski definition) is 2. The van der Waals surface area contributed by atoms with Crippen molar-refractivity contribution in [1.82, 2.24) is 4.90 Å². The fraction of sp³-hybridized carbons (Fsp3) is 0.467. The molecule has 1 aromatic rings. The second-order valence-electron chi connectivity index (χ2n) is 5.47. The van der Waals surface area contributed by atoms with Crippen LogP contribution in [0.2, 0.25) is 0 Å². The molecule has 1 saturated carbocycles. The van der Waals surface area contributed by atoms with E-state index in [9.17, 15) is 14.7 Å². The molecule has 1 aliphatic carbocycles. The van der Waals surface area contributed by atoms with Crippen molar-refractivity contribution >= 4 is 29.3 Å². The number of carbonyl (C=O) groups excluding carboxylic acids is 1. The largest absolute Gasteiger partial charge is 0.478 e. The van der Waals surface area contributed by atoms with Crippen molar-refractivity contribution in [3.63, 3.8) is 0 Å². The molecule has 1 heterocycles. The highest BCUT2D eigenvalue weighted by atomic mass is 32.1. The SMILES string of the molecule is CN(CC1(O)CCCC1)C(=O)c1ccc(/C=C/C(=O)O)s1. The smallest absolute Gasteiger partial charge is 0.328 e. The predicted octanol–water partition coefficient (Wildman–Crippen LogP) is 2.22. The van der Waals surface area contributed by atoms with Crippen LogP contribution < -0.4 is 0 Å². The third-order valence-electron chi connectivity index (χ3n) is 3.64. The van der Waals surface area contributed by atoms with Crippen molar-refractivity contribution < 1.29 is 19.8 Å². The molecule has 1 fully saturated rings. The Kier molecular flexibility index (Phi) is 4.80. The monoisotopic (exact) mass is 309 g/mol. The number of carboxylic acids is 1. The maximum Gasteiger partial charge on any atom is 0.328 e. The summed E-state index contributed by atoms with van der Waals surface area (Å²) in [6.45, 7) is 0.337. The van der Waals surface area contributed by atoms with Gasteiger partial charge in [-0.15, -0.1) is 11.3 Å². The molecule has 114 valence electrons. The maximum atomic E-state index is 12.3. The number of rotatable bonds is 5. The normalized spacial score (nSPS) is 17.2. The first-order chi connectivity index (χ1) is 9.89. The van der Waals surface area contributed by atoms with Gasteiger partial charge in [0.25, 0.3) is 5.91 Å². The molecule has 0 aliphatic heterocycles. The van der Waals surface area contributed by atoms with Crippen LogP contribution in [0, 0.1) is 0 Å². The van der Waals surface area contributed by atoms with Crippen LogP contribution in [-0.2, 0) is 4.79 Å². The van der Waals surface area contributed by atoms with Crippen LogP contribution in [-0.4, -0.2) is 46.2 Å². The number of hydrogen-bond acceptors (Lipinski definition) is 4. The first-order valence-electron chi connectivity index (χ1n) is 6.88. The number of carboxylic acid groups (broad SMARTS) is 1. The first kappa shape index (κ1) is 15.7. The Morgan fingerprint density at radius 2 is 2.05 bits per heavy atom. The average molecular weight is 309 g/mol. The molecule has 6 heteroatoms. The molecule has 0 spiro atoms. The van der Waals surface area contributed by atoms with Gasteiger partial charge in [0.2, 0.25) is 0 Å². The summed E-state index contributed by atoms with van der Waals surface area (Å²) in [7, 11) is 1.69. The zero-order chi connectivity index (χ0) is 15.5. The number of thiophene rings is 1. The number of nitrogens with zero attached hydrogens (tertiary/aromatic N) is 1. The Morgan fingerprint density at radius 3 is 2.67 bits per heavy atom. The van der Waals surface area contributed by atoms with Crippen molar-refractivity contribution in [3.8, 4) is 0 Å². The first-order valence-corrected chi connectivity index (χ1v) is 7.70. The molecular formula is C15H19NO4S. The molecule has 1 aliphatic rings. The van der Waals surface area contributed by atoms with Gasteiger partial charge in [-0.05, 0) is 31.1 Å².